The summed E-state index contributed by atoms with van der Waals surface area (Å²) < 4.78 is 28.1. The number of nitrogens with one attached hydrogen (secondary N) is 2. The van der Waals surface area contributed by atoms with Crippen molar-refractivity contribution in [2.45, 2.75) is 30.6 Å². The van der Waals surface area contributed by atoms with Crippen LogP contribution in [-0.2, 0) is 22.9 Å². The zero-order valence-corrected chi connectivity index (χ0v) is 21.0. The van der Waals surface area contributed by atoms with E-state index < -0.39 is 15.9 Å². The van der Waals surface area contributed by atoms with Crippen molar-refractivity contribution in [2.75, 3.05) is 10.0 Å². The second-order valence-electron chi connectivity index (χ2n) is 8.29. The van der Waals surface area contributed by atoms with Gasteiger partial charge in [0.2, 0.25) is 0 Å². The molecule has 1 aliphatic carbocycles. The largest absolute Gasteiger partial charge is 0.298 e. The summed E-state index contributed by atoms with van der Waals surface area (Å²) in [4.78, 5) is 17.7. The number of hydrogen-bond acceptors (Lipinski definition) is 5. The molecule has 3 aromatic carbocycles. The Labute approximate surface area is 213 Å². The molecular formula is C26H22ClN3O3S2. The molecule has 6 nitrogen and oxygen atoms in total. The van der Waals surface area contributed by atoms with Crippen LogP contribution in [0.5, 0.6) is 0 Å². The van der Waals surface area contributed by atoms with Gasteiger partial charge in [0.15, 0.2) is 5.13 Å². The Hall–Kier alpha value is -3.20. The molecular weight excluding hydrogens is 502 g/mol. The third-order valence-electron chi connectivity index (χ3n) is 5.91. The van der Waals surface area contributed by atoms with E-state index in [9.17, 15) is 13.2 Å². The summed E-state index contributed by atoms with van der Waals surface area (Å²) in [6, 6.07) is 18.7. The fraction of sp³-hybridized carbons (Fsp3) is 0.154. The van der Waals surface area contributed by atoms with Gasteiger partial charge in [-0.05, 0) is 79.3 Å². The molecule has 9 heteroatoms. The number of sulfonamides is 1. The number of aromatic nitrogens is 1. The molecule has 178 valence electrons. The lowest BCUT2D eigenvalue weighted by atomic mass is 9.90. The molecule has 0 atom stereocenters. The van der Waals surface area contributed by atoms with Gasteiger partial charge in [0.05, 0.1) is 21.8 Å². The minimum atomic E-state index is -3.90. The van der Waals surface area contributed by atoms with Crippen molar-refractivity contribution in [1.29, 1.82) is 0 Å². The van der Waals surface area contributed by atoms with Gasteiger partial charge in [0.25, 0.3) is 15.9 Å². The molecule has 1 amide bonds. The van der Waals surface area contributed by atoms with Crippen LogP contribution in [-0.4, -0.2) is 19.3 Å². The van der Waals surface area contributed by atoms with Gasteiger partial charge >= 0.3 is 0 Å². The topological polar surface area (TPSA) is 88.2 Å². The van der Waals surface area contributed by atoms with Gasteiger partial charge in [0.1, 0.15) is 0 Å². The molecule has 4 aromatic rings. The second kappa shape index (κ2) is 9.81. The highest BCUT2D eigenvalue weighted by Crippen LogP contribution is 2.30. The van der Waals surface area contributed by atoms with E-state index in [1.165, 1.54) is 59.6 Å². The number of amides is 1. The average Bonchev–Trinajstić information content (AvgIpc) is 3.32. The number of benzene rings is 3. The quantitative estimate of drug-likeness (QED) is 0.306. The molecule has 1 aliphatic rings. The number of rotatable bonds is 6. The molecule has 35 heavy (non-hydrogen) atoms. The SMILES string of the molecule is O=C(Nc1nc(-c2ccc3c(c2)CCCC3)cs1)c1ccccc1NS(=O)(=O)c1ccc(Cl)cc1. The number of carbonyl (C=O) groups excluding carboxylic acids is 1. The van der Waals surface area contributed by atoms with Crippen LogP contribution in [0.15, 0.2) is 77.0 Å². The monoisotopic (exact) mass is 523 g/mol. The molecule has 2 N–H and O–H groups in total. The van der Waals surface area contributed by atoms with Gasteiger partial charge in [-0.2, -0.15) is 0 Å². The smallest absolute Gasteiger partial charge is 0.261 e. The highest BCUT2D eigenvalue weighted by molar-refractivity contribution is 7.92. The fourth-order valence-corrected chi connectivity index (χ4v) is 6.03. The average molecular weight is 524 g/mol. The predicted octanol–water partition coefficient (Wildman–Crippen LogP) is 6.40. The van der Waals surface area contributed by atoms with Crippen molar-refractivity contribution in [3.63, 3.8) is 0 Å². The minimum absolute atomic E-state index is 0.0479. The van der Waals surface area contributed by atoms with E-state index in [0.29, 0.717) is 10.2 Å². The Bertz CT molecular complexity index is 1500. The highest BCUT2D eigenvalue weighted by atomic mass is 35.5. The summed E-state index contributed by atoms with van der Waals surface area (Å²) in [7, 11) is -3.90. The first kappa shape index (κ1) is 23.5. The molecule has 1 heterocycles. The number of hydrogen-bond donors (Lipinski definition) is 2. The van der Waals surface area contributed by atoms with E-state index in [1.807, 2.05) is 5.38 Å². The third kappa shape index (κ3) is 5.24. The van der Waals surface area contributed by atoms with Crippen molar-refractivity contribution in [1.82, 2.24) is 4.98 Å². The van der Waals surface area contributed by atoms with Crippen LogP contribution in [0, 0.1) is 0 Å². The van der Waals surface area contributed by atoms with Crippen LogP contribution in [0.3, 0.4) is 0 Å². The molecule has 0 unspecified atom stereocenters. The summed E-state index contributed by atoms with van der Waals surface area (Å²) in [6.45, 7) is 0. The van der Waals surface area contributed by atoms with Crippen molar-refractivity contribution in [2.24, 2.45) is 0 Å². The Kier molecular flexibility index (Phi) is 6.60. The first-order chi connectivity index (χ1) is 16.9. The minimum Gasteiger partial charge on any atom is -0.298 e. The van der Waals surface area contributed by atoms with Crippen LogP contribution in [0.4, 0.5) is 10.8 Å². The number of thiazole rings is 1. The maximum Gasteiger partial charge on any atom is 0.261 e. The van der Waals surface area contributed by atoms with Crippen molar-refractivity contribution >= 4 is 49.7 Å². The molecule has 0 saturated heterocycles. The van der Waals surface area contributed by atoms with Crippen LogP contribution in [0.2, 0.25) is 5.02 Å². The lowest BCUT2D eigenvalue weighted by Crippen LogP contribution is -2.18. The number of fused-ring (bicyclic) bond motifs is 1. The number of halogens is 1. The maximum absolute atomic E-state index is 13.0. The first-order valence-electron chi connectivity index (χ1n) is 11.2. The molecule has 5 rings (SSSR count). The zero-order chi connectivity index (χ0) is 24.4. The van der Waals surface area contributed by atoms with Gasteiger partial charge < -0.3 is 0 Å². The van der Waals surface area contributed by atoms with Gasteiger partial charge in [-0.15, -0.1) is 11.3 Å². The third-order valence-corrected chi connectivity index (χ3v) is 8.30. The summed E-state index contributed by atoms with van der Waals surface area (Å²) in [5, 5.41) is 5.59. The number of anilines is 2. The number of para-hydroxylation sites is 1. The van der Waals surface area contributed by atoms with E-state index >= 15 is 0 Å². The summed E-state index contributed by atoms with van der Waals surface area (Å²) in [6.07, 6.45) is 4.64. The molecule has 1 aromatic heterocycles. The Balaban J connectivity index is 1.34. The van der Waals surface area contributed by atoms with Crippen LogP contribution in [0.25, 0.3) is 11.3 Å². The van der Waals surface area contributed by atoms with Gasteiger partial charge in [-0.3, -0.25) is 14.8 Å². The predicted molar refractivity (Wildman–Crippen MR) is 141 cm³/mol. The number of aryl methyl sites for hydroxylation is 2. The molecule has 0 saturated carbocycles. The van der Waals surface area contributed by atoms with Crippen molar-refractivity contribution in [3.8, 4) is 11.3 Å². The van der Waals surface area contributed by atoms with Gasteiger partial charge in [-0.25, -0.2) is 13.4 Å². The van der Waals surface area contributed by atoms with Gasteiger partial charge in [0, 0.05) is 16.0 Å². The zero-order valence-electron chi connectivity index (χ0n) is 18.6. The van der Waals surface area contributed by atoms with Crippen molar-refractivity contribution < 1.29 is 13.2 Å². The van der Waals surface area contributed by atoms with E-state index in [4.69, 9.17) is 11.6 Å². The lowest BCUT2D eigenvalue weighted by molar-refractivity contribution is 0.102. The van der Waals surface area contributed by atoms with Crippen LogP contribution < -0.4 is 10.0 Å². The van der Waals surface area contributed by atoms with E-state index in [0.717, 1.165) is 24.1 Å². The molecule has 0 bridgehead atoms. The summed E-state index contributed by atoms with van der Waals surface area (Å²) >= 11 is 7.19. The first-order valence-corrected chi connectivity index (χ1v) is 13.9. The molecule has 0 spiro atoms. The van der Waals surface area contributed by atoms with E-state index in [-0.39, 0.29) is 16.1 Å². The highest BCUT2D eigenvalue weighted by Gasteiger charge is 2.20. The Morgan fingerprint density at radius 2 is 1.69 bits per heavy atom. The standard InChI is InChI=1S/C26H22ClN3O3S2/c27-20-11-13-21(14-12-20)35(32,33)30-23-8-4-3-7-22(23)25(31)29-26-28-24(16-34-26)19-10-9-17-5-1-2-6-18(17)15-19/h3-4,7-16,30H,1-2,5-6H2,(H,28,29,31). The second-order valence-corrected chi connectivity index (χ2v) is 11.3. The molecule has 0 fully saturated rings. The number of nitrogens with zero attached hydrogens (tertiary/aromatic N) is 1. The van der Waals surface area contributed by atoms with E-state index in [1.54, 1.807) is 24.3 Å². The maximum atomic E-state index is 13.0. The van der Waals surface area contributed by atoms with Crippen LogP contribution >= 0.6 is 22.9 Å². The molecule has 0 aliphatic heterocycles. The fourth-order valence-electron chi connectivity index (χ4n) is 4.11. The van der Waals surface area contributed by atoms with Crippen LogP contribution in [0.1, 0.15) is 34.3 Å². The normalized spacial score (nSPS) is 13.2. The Morgan fingerprint density at radius 3 is 2.49 bits per heavy atom. The molecule has 0 radical (unpaired) electrons. The lowest BCUT2D eigenvalue weighted by Gasteiger charge is -2.16. The van der Waals surface area contributed by atoms with Gasteiger partial charge in [-0.1, -0.05) is 35.9 Å². The number of carbonyl (C=O) groups is 1. The Morgan fingerprint density at radius 1 is 0.943 bits per heavy atom. The summed E-state index contributed by atoms with van der Waals surface area (Å²) in [5.74, 6) is -0.453. The van der Waals surface area contributed by atoms with E-state index in [2.05, 4.69) is 33.2 Å². The van der Waals surface area contributed by atoms with Crippen molar-refractivity contribution in [3.05, 3.63) is 93.8 Å². The summed E-state index contributed by atoms with van der Waals surface area (Å²) in [5.41, 5.74) is 4.96.